The number of rotatable bonds is 3. The lowest BCUT2D eigenvalue weighted by atomic mass is 10.1. The number of aryl methyl sites for hydroxylation is 1. The summed E-state index contributed by atoms with van der Waals surface area (Å²) < 4.78 is 0. The fourth-order valence-corrected chi connectivity index (χ4v) is 1.76. The zero-order valence-electron chi connectivity index (χ0n) is 8.83. The van der Waals surface area contributed by atoms with Gasteiger partial charge in [-0.05, 0) is 43.5 Å². The molecule has 1 aromatic heterocycles. The van der Waals surface area contributed by atoms with Gasteiger partial charge in [-0.3, -0.25) is 0 Å². The summed E-state index contributed by atoms with van der Waals surface area (Å²) in [7, 11) is 0. The summed E-state index contributed by atoms with van der Waals surface area (Å²) in [4.78, 5) is 3.19. The highest BCUT2D eigenvalue weighted by molar-refractivity contribution is 5.84. The Hall–Kier alpha value is -1.48. The molecule has 0 saturated heterocycles. The molecule has 1 heterocycles. The number of hydrogen-bond donors (Lipinski definition) is 3. The lowest BCUT2D eigenvalue weighted by Gasteiger charge is -2.03. The Bertz CT molecular complexity index is 460. The predicted octanol–water partition coefficient (Wildman–Crippen LogP) is 2.15. The molecule has 0 fully saturated rings. The number of H-pyrrole nitrogens is 1. The second-order valence-corrected chi connectivity index (χ2v) is 4.06. The van der Waals surface area contributed by atoms with Crippen molar-refractivity contribution in [2.24, 2.45) is 5.73 Å². The summed E-state index contributed by atoms with van der Waals surface area (Å²) in [5, 5.41) is 10.5. The van der Waals surface area contributed by atoms with E-state index in [1.807, 2.05) is 19.2 Å². The van der Waals surface area contributed by atoms with Gasteiger partial charge in [0.2, 0.25) is 0 Å². The van der Waals surface area contributed by atoms with Gasteiger partial charge in [-0.1, -0.05) is 0 Å². The van der Waals surface area contributed by atoms with Gasteiger partial charge >= 0.3 is 0 Å². The summed E-state index contributed by atoms with van der Waals surface area (Å²) in [5.41, 5.74) is 8.01. The Morgan fingerprint density at radius 3 is 3.00 bits per heavy atom. The maximum atomic E-state index is 9.41. The number of hydrogen-bond acceptors (Lipinski definition) is 2. The molecule has 2 rings (SSSR count). The molecule has 80 valence electrons. The standard InChI is InChI=1S/C12H16N2O/c1-8(13)2-3-9-7-14-12-5-4-10(15)6-11(9)12/h4-8,14-15H,2-3,13H2,1H3. The molecule has 15 heavy (non-hydrogen) atoms. The van der Waals surface area contributed by atoms with Gasteiger partial charge in [0.15, 0.2) is 0 Å². The van der Waals surface area contributed by atoms with Crippen molar-refractivity contribution < 1.29 is 5.11 Å². The van der Waals surface area contributed by atoms with Gasteiger partial charge in [0.1, 0.15) is 5.75 Å². The molecule has 0 bridgehead atoms. The number of aromatic amines is 1. The van der Waals surface area contributed by atoms with E-state index < -0.39 is 0 Å². The number of nitrogens with two attached hydrogens (primary N) is 1. The first kappa shape index (κ1) is 10.1. The summed E-state index contributed by atoms with van der Waals surface area (Å²) in [6, 6.07) is 5.59. The van der Waals surface area contributed by atoms with Crippen LogP contribution in [0.5, 0.6) is 5.75 Å². The van der Waals surface area contributed by atoms with Crippen LogP contribution in [0, 0.1) is 0 Å². The summed E-state index contributed by atoms with van der Waals surface area (Å²) >= 11 is 0. The maximum absolute atomic E-state index is 9.41. The van der Waals surface area contributed by atoms with E-state index in [9.17, 15) is 5.11 Å². The third-order valence-corrected chi connectivity index (χ3v) is 2.62. The number of phenolic OH excluding ortho intramolecular Hbond substituents is 1. The van der Waals surface area contributed by atoms with E-state index in [1.165, 1.54) is 5.56 Å². The third-order valence-electron chi connectivity index (χ3n) is 2.62. The molecule has 0 aliphatic carbocycles. The normalized spacial score (nSPS) is 13.2. The first-order valence-corrected chi connectivity index (χ1v) is 5.21. The minimum atomic E-state index is 0.215. The van der Waals surface area contributed by atoms with Crippen LogP contribution in [0.25, 0.3) is 10.9 Å². The largest absolute Gasteiger partial charge is 0.508 e. The van der Waals surface area contributed by atoms with Gasteiger partial charge in [0.25, 0.3) is 0 Å². The van der Waals surface area contributed by atoms with Crippen molar-refractivity contribution in [1.29, 1.82) is 0 Å². The van der Waals surface area contributed by atoms with E-state index in [0.717, 1.165) is 23.7 Å². The fourth-order valence-electron chi connectivity index (χ4n) is 1.76. The molecule has 0 saturated carbocycles. The number of aromatic nitrogens is 1. The number of phenols is 1. The van der Waals surface area contributed by atoms with Gasteiger partial charge in [-0.25, -0.2) is 0 Å². The van der Waals surface area contributed by atoms with Crippen LogP contribution in [-0.2, 0) is 6.42 Å². The van der Waals surface area contributed by atoms with Crippen molar-refractivity contribution in [3.05, 3.63) is 30.0 Å². The molecule has 0 amide bonds. The molecular formula is C12H16N2O. The molecule has 1 atom stereocenters. The van der Waals surface area contributed by atoms with Crippen LogP contribution in [0.3, 0.4) is 0 Å². The Kier molecular flexibility index (Phi) is 2.64. The zero-order chi connectivity index (χ0) is 10.8. The van der Waals surface area contributed by atoms with Crippen molar-refractivity contribution in [2.75, 3.05) is 0 Å². The molecule has 0 spiro atoms. The highest BCUT2D eigenvalue weighted by atomic mass is 16.3. The second-order valence-electron chi connectivity index (χ2n) is 4.06. The zero-order valence-corrected chi connectivity index (χ0v) is 8.83. The number of benzene rings is 1. The van der Waals surface area contributed by atoms with Crippen molar-refractivity contribution in [1.82, 2.24) is 4.98 Å². The Balaban J connectivity index is 2.31. The van der Waals surface area contributed by atoms with Crippen LogP contribution in [0.4, 0.5) is 0 Å². The number of aromatic hydroxyl groups is 1. The van der Waals surface area contributed by atoms with E-state index in [4.69, 9.17) is 5.73 Å². The minimum absolute atomic E-state index is 0.215. The van der Waals surface area contributed by atoms with Gasteiger partial charge < -0.3 is 15.8 Å². The lowest BCUT2D eigenvalue weighted by molar-refractivity contribution is 0.476. The highest BCUT2D eigenvalue weighted by Crippen LogP contribution is 2.23. The monoisotopic (exact) mass is 204 g/mol. The second kappa shape index (κ2) is 3.95. The highest BCUT2D eigenvalue weighted by Gasteiger charge is 2.05. The van der Waals surface area contributed by atoms with Gasteiger partial charge in [-0.2, -0.15) is 0 Å². The minimum Gasteiger partial charge on any atom is -0.508 e. The first-order valence-electron chi connectivity index (χ1n) is 5.21. The average molecular weight is 204 g/mol. The first-order chi connectivity index (χ1) is 7.16. The van der Waals surface area contributed by atoms with Crippen molar-refractivity contribution in [3.8, 4) is 5.75 Å². The molecule has 1 unspecified atom stereocenters. The van der Waals surface area contributed by atoms with Gasteiger partial charge in [0.05, 0.1) is 0 Å². The molecule has 3 nitrogen and oxygen atoms in total. The summed E-state index contributed by atoms with van der Waals surface area (Å²) in [6.45, 7) is 2.01. The molecule has 3 heteroatoms. The van der Waals surface area contributed by atoms with Crippen LogP contribution < -0.4 is 5.73 Å². The van der Waals surface area contributed by atoms with Crippen molar-refractivity contribution in [3.63, 3.8) is 0 Å². The third kappa shape index (κ3) is 2.13. The van der Waals surface area contributed by atoms with Crippen LogP contribution in [0.2, 0.25) is 0 Å². The van der Waals surface area contributed by atoms with Crippen LogP contribution in [-0.4, -0.2) is 16.1 Å². The molecule has 1 aromatic carbocycles. The van der Waals surface area contributed by atoms with E-state index in [-0.39, 0.29) is 6.04 Å². The molecule has 2 aromatic rings. The number of fused-ring (bicyclic) bond motifs is 1. The Morgan fingerprint density at radius 1 is 1.47 bits per heavy atom. The molecule has 0 radical (unpaired) electrons. The van der Waals surface area contributed by atoms with Crippen LogP contribution >= 0.6 is 0 Å². The van der Waals surface area contributed by atoms with Crippen LogP contribution in [0.15, 0.2) is 24.4 Å². The quantitative estimate of drug-likeness (QED) is 0.717. The molecule has 4 N–H and O–H groups in total. The Morgan fingerprint density at radius 2 is 2.27 bits per heavy atom. The molecule has 0 aliphatic rings. The summed E-state index contributed by atoms with van der Waals surface area (Å²) in [6.07, 6.45) is 3.90. The van der Waals surface area contributed by atoms with E-state index in [1.54, 1.807) is 12.1 Å². The fraction of sp³-hybridized carbons (Fsp3) is 0.333. The topological polar surface area (TPSA) is 62.0 Å². The molecular weight excluding hydrogens is 188 g/mol. The smallest absolute Gasteiger partial charge is 0.116 e. The Labute approximate surface area is 88.9 Å². The maximum Gasteiger partial charge on any atom is 0.116 e. The van der Waals surface area contributed by atoms with Crippen LogP contribution in [0.1, 0.15) is 18.9 Å². The van der Waals surface area contributed by atoms with E-state index >= 15 is 0 Å². The predicted molar refractivity (Wildman–Crippen MR) is 61.9 cm³/mol. The molecule has 0 aliphatic heterocycles. The summed E-state index contributed by atoms with van der Waals surface area (Å²) in [5.74, 6) is 0.309. The van der Waals surface area contributed by atoms with E-state index in [0.29, 0.717) is 5.75 Å². The van der Waals surface area contributed by atoms with Gasteiger partial charge in [0, 0.05) is 23.1 Å². The van der Waals surface area contributed by atoms with Crippen molar-refractivity contribution in [2.45, 2.75) is 25.8 Å². The SMILES string of the molecule is CC(N)CCc1c[nH]c2ccc(O)cc12. The van der Waals surface area contributed by atoms with Crippen molar-refractivity contribution >= 4 is 10.9 Å². The number of nitrogens with one attached hydrogen (secondary N) is 1. The average Bonchev–Trinajstić information content (AvgIpc) is 2.57. The lowest BCUT2D eigenvalue weighted by Crippen LogP contribution is -2.15. The van der Waals surface area contributed by atoms with Gasteiger partial charge in [-0.15, -0.1) is 0 Å². The van der Waals surface area contributed by atoms with E-state index in [2.05, 4.69) is 4.98 Å².